The molecule has 1 heterocycles. The first-order valence-electron chi connectivity index (χ1n) is 5.33. The van der Waals surface area contributed by atoms with Gasteiger partial charge < -0.3 is 15.4 Å². The fraction of sp³-hybridized carbons (Fsp3) is 0.900. The molecule has 0 bridgehead atoms. The maximum atomic E-state index is 11.4. The number of carbonyl (C=O) groups excluding carboxylic acids is 1. The highest BCUT2D eigenvalue weighted by Gasteiger charge is 2.17. The first kappa shape index (κ1) is 11.5. The lowest BCUT2D eigenvalue weighted by molar-refractivity contribution is -0.121. The maximum absolute atomic E-state index is 11.4. The number of amides is 1. The molecule has 1 saturated heterocycles. The number of rotatable bonds is 5. The Labute approximate surface area is 85.4 Å². The van der Waals surface area contributed by atoms with Gasteiger partial charge in [0.1, 0.15) is 0 Å². The van der Waals surface area contributed by atoms with Crippen LogP contribution in [0.5, 0.6) is 0 Å². The summed E-state index contributed by atoms with van der Waals surface area (Å²) in [5.74, 6) is 0.0702. The minimum Gasteiger partial charge on any atom is -0.379 e. The Morgan fingerprint density at radius 1 is 1.64 bits per heavy atom. The van der Waals surface area contributed by atoms with Crippen LogP contribution in [0.1, 0.15) is 26.7 Å². The largest absolute Gasteiger partial charge is 0.379 e. The summed E-state index contributed by atoms with van der Waals surface area (Å²) in [5, 5.41) is 6.09. The van der Waals surface area contributed by atoms with Crippen LogP contribution in [0.2, 0.25) is 0 Å². The second kappa shape index (κ2) is 5.98. The minimum atomic E-state index is 0.0702. The van der Waals surface area contributed by atoms with E-state index in [-0.39, 0.29) is 11.9 Å². The SMILES string of the molecule is CCC(C)NCC(=O)NC1CCOC1. The monoisotopic (exact) mass is 200 g/mol. The lowest BCUT2D eigenvalue weighted by atomic mass is 10.2. The molecule has 0 aromatic carbocycles. The number of hydrogen-bond donors (Lipinski definition) is 2. The van der Waals surface area contributed by atoms with Crippen molar-refractivity contribution in [2.45, 2.75) is 38.8 Å². The van der Waals surface area contributed by atoms with E-state index in [9.17, 15) is 4.79 Å². The summed E-state index contributed by atoms with van der Waals surface area (Å²) in [6.45, 7) is 6.01. The van der Waals surface area contributed by atoms with Crippen LogP contribution < -0.4 is 10.6 Å². The first-order chi connectivity index (χ1) is 6.72. The van der Waals surface area contributed by atoms with Crippen LogP contribution in [0.15, 0.2) is 0 Å². The third kappa shape index (κ3) is 4.07. The van der Waals surface area contributed by atoms with Crippen LogP contribution in [-0.4, -0.2) is 37.7 Å². The molecule has 0 aromatic heterocycles. The quantitative estimate of drug-likeness (QED) is 0.670. The average molecular weight is 200 g/mol. The first-order valence-corrected chi connectivity index (χ1v) is 5.33. The Hall–Kier alpha value is -0.610. The molecule has 0 spiro atoms. The Bertz CT molecular complexity index is 179. The molecule has 0 aromatic rings. The van der Waals surface area contributed by atoms with Gasteiger partial charge in [0.25, 0.3) is 0 Å². The predicted molar refractivity (Wildman–Crippen MR) is 55.1 cm³/mol. The van der Waals surface area contributed by atoms with Crippen molar-refractivity contribution in [3.8, 4) is 0 Å². The summed E-state index contributed by atoms with van der Waals surface area (Å²) in [6.07, 6.45) is 1.98. The second-order valence-electron chi connectivity index (χ2n) is 3.82. The number of ether oxygens (including phenoxy) is 1. The highest BCUT2D eigenvalue weighted by molar-refractivity contribution is 5.78. The third-order valence-electron chi connectivity index (χ3n) is 2.52. The van der Waals surface area contributed by atoms with Gasteiger partial charge in [-0.15, -0.1) is 0 Å². The van der Waals surface area contributed by atoms with Crippen LogP contribution >= 0.6 is 0 Å². The smallest absolute Gasteiger partial charge is 0.234 e. The van der Waals surface area contributed by atoms with E-state index in [0.29, 0.717) is 19.2 Å². The molecular formula is C10H20N2O2. The van der Waals surface area contributed by atoms with E-state index in [0.717, 1.165) is 19.4 Å². The van der Waals surface area contributed by atoms with Crippen molar-refractivity contribution in [2.75, 3.05) is 19.8 Å². The molecule has 4 heteroatoms. The Balaban J connectivity index is 2.09. The van der Waals surface area contributed by atoms with Gasteiger partial charge in [0, 0.05) is 12.6 Å². The second-order valence-corrected chi connectivity index (χ2v) is 3.82. The summed E-state index contributed by atoms with van der Waals surface area (Å²) >= 11 is 0. The van der Waals surface area contributed by atoms with Gasteiger partial charge in [-0.05, 0) is 19.8 Å². The van der Waals surface area contributed by atoms with Crippen molar-refractivity contribution in [3.05, 3.63) is 0 Å². The zero-order valence-electron chi connectivity index (χ0n) is 9.01. The topological polar surface area (TPSA) is 50.4 Å². The van der Waals surface area contributed by atoms with Gasteiger partial charge in [0.15, 0.2) is 0 Å². The van der Waals surface area contributed by atoms with E-state index < -0.39 is 0 Å². The zero-order chi connectivity index (χ0) is 10.4. The standard InChI is InChI=1S/C10H20N2O2/c1-3-8(2)11-6-10(13)12-9-4-5-14-7-9/h8-9,11H,3-7H2,1-2H3,(H,12,13). The summed E-state index contributed by atoms with van der Waals surface area (Å²) in [6, 6.07) is 0.627. The van der Waals surface area contributed by atoms with E-state index in [1.54, 1.807) is 0 Å². The summed E-state index contributed by atoms with van der Waals surface area (Å²) in [5.41, 5.74) is 0. The van der Waals surface area contributed by atoms with Crippen LogP contribution in [-0.2, 0) is 9.53 Å². The van der Waals surface area contributed by atoms with Gasteiger partial charge in [0.2, 0.25) is 5.91 Å². The van der Waals surface area contributed by atoms with Gasteiger partial charge >= 0.3 is 0 Å². The van der Waals surface area contributed by atoms with Gasteiger partial charge in [-0.2, -0.15) is 0 Å². The summed E-state index contributed by atoms with van der Waals surface area (Å²) in [4.78, 5) is 11.4. The Morgan fingerprint density at radius 3 is 3.00 bits per heavy atom. The van der Waals surface area contributed by atoms with Crippen LogP contribution in [0.4, 0.5) is 0 Å². The molecule has 14 heavy (non-hydrogen) atoms. The maximum Gasteiger partial charge on any atom is 0.234 e. The Kier molecular flexibility index (Phi) is 4.90. The summed E-state index contributed by atoms with van der Waals surface area (Å²) in [7, 11) is 0. The lowest BCUT2D eigenvalue weighted by Crippen LogP contribution is -2.42. The summed E-state index contributed by atoms with van der Waals surface area (Å²) < 4.78 is 5.17. The van der Waals surface area contributed by atoms with Gasteiger partial charge in [0.05, 0.1) is 19.2 Å². The van der Waals surface area contributed by atoms with Crippen molar-refractivity contribution in [2.24, 2.45) is 0 Å². The highest BCUT2D eigenvalue weighted by Crippen LogP contribution is 2.02. The molecule has 1 aliphatic heterocycles. The van der Waals surface area contributed by atoms with Crippen LogP contribution in [0.3, 0.4) is 0 Å². The molecule has 1 fully saturated rings. The molecule has 0 saturated carbocycles. The minimum absolute atomic E-state index is 0.0702. The van der Waals surface area contributed by atoms with Gasteiger partial charge in [-0.25, -0.2) is 0 Å². The molecule has 2 atom stereocenters. The van der Waals surface area contributed by atoms with Gasteiger partial charge in [-0.3, -0.25) is 4.79 Å². The fourth-order valence-corrected chi connectivity index (χ4v) is 1.34. The van der Waals surface area contributed by atoms with Crippen LogP contribution in [0, 0.1) is 0 Å². The molecule has 2 N–H and O–H groups in total. The molecular weight excluding hydrogens is 180 g/mol. The van der Waals surface area contributed by atoms with E-state index >= 15 is 0 Å². The number of carbonyl (C=O) groups is 1. The van der Waals surface area contributed by atoms with E-state index in [1.807, 2.05) is 0 Å². The highest BCUT2D eigenvalue weighted by atomic mass is 16.5. The van der Waals surface area contributed by atoms with Crippen molar-refractivity contribution in [1.29, 1.82) is 0 Å². The van der Waals surface area contributed by atoms with E-state index in [1.165, 1.54) is 0 Å². The lowest BCUT2D eigenvalue weighted by Gasteiger charge is -2.13. The van der Waals surface area contributed by atoms with Crippen molar-refractivity contribution in [1.82, 2.24) is 10.6 Å². The molecule has 1 amide bonds. The van der Waals surface area contributed by atoms with Crippen molar-refractivity contribution < 1.29 is 9.53 Å². The fourth-order valence-electron chi connectivity index (χ4n) is 1.34. The number of hydrogen-bond acceptors (Lipinski definition) is 3. The molecule has 0 radical (unpaired) electrons. The zero-order valence-corrected chi connectivity index (χ0v) is 9.01. The number of nitrogens with one attached hydrogen (secondary N) is 2. The molecule has 1 aliphatic rings. The third-order valence-corrected chi connectivity index (χ3v) is 2.52. The molecule has 4 nitrogen and oxygen atoms in total. The normalized spacial score (nSPS) is 23.4. The molecule has 1 rings (SSSR count). The van der Waals surface area contributed by atoms with E-state index in [4.69, 9.17) is 4.74 Å². The van der Waals surface area contributed by atoms with Crippen LogP contribution in [0.25, 0.3) is 0 Å². The predicted octanol–water partition coefficient (Wildman–Crippen LogP) is 0.280. The van der Waals surface area contributed by atoms with Gasteiger partial charge in [-0.1, -0.05) is 6.92 Å². The molecule has 0 aliphatic carbocycles. The molecule has 2 unspecified atom stereocenters. The average Bonchev–Trinajstić information content (AvgIpc) is 2.66. The van der Waals surface area contributed by atoms with E-state index in [2.05, 4.69) is 24.5 Å². The van der Waals surface area contributed by atoms with Crippen molar-refractivity contribution in [3.63, 3.8) is 0 Å². The molecule has 82 valence electrons. The Morgan fingerprint density at radius 2 is 2.43 bits per heavy atom. The van der Waals surface area contributed by atoms with Crippen molar-refractivity contribution >= 4 is 5.91 Å².